The number of rotatable bonds is 2. The Morgan fingerprint density at radius 1 is 0.950 bits per heavy atom. The van der Waals surface area contributed by atoms with Crippen molar-refractivity contribution < 1.29 is 9.59 Å². The summed E-state index contributed by atoms with van der Waals surface area (Å²) in [4.78, 5) is 26.1. The normalized spacial score (nSPS) is 19.5. The molecule has 2 aliphatic rings. The van der Waals surface area contributed by atoms with E-state index in [0.717, 1.165) is 32.4 Å². The molecule has 114 valence electrons. The third-order valence-corrected chi connectivity index (χ3v) is 3.69. The lowest BCUT2D eigenvalue weighted by Crippen LogP contribution is -2.40. The maximum absolute atomic E-state index is 11.2. The molecule has 2 amide bonds. The van der Waals surface area contributed by atoms with Gasteiger partial charge in [-0.3, -0.25) is 9.59 Å². The van der Waals surface area contributed by atoms with Crippen LogP contribution in [-0.2, 0) is 9.59 Å². The van der Waals surface area contributed by atoms with Crippen molar-refractivity contribution in [3.05, 3.63) is 12.2 Å². The molecular weight excluding hydrogens is 252 g/mol. The van der Waals surface area contributed by atoms with Gasteiger partial charge < -0.3 is 9.80 Å². The fourth-order valence-corrected chi connectivity index (χ4v) is 2.49. The highest BCUT2D eigenvalue weighted by Crippen LogP contribution is 2.12. The largest absolute Gasteiger partial charge is 0.340 e. The summed E-state index contributed by atoms with van der Waals surface area (Å²) < 4.78 is 0. The first-order valence-corrected chi connectivity index (χ1v) is 7.70. The minimum absolute atomic E-state index is 0.154. The van der Waals surface area contributed by atoms with Crippen LogP contribution in [0.2, 0.25) is 0 Å². The third-order valence-electron chi connectivity index (χ3n) is 3.69. The number of nitrogens with zero attached hydrogens (tertiary/aromatic N) is 2. The predicted octanol–water partition coefficient (Wildman–Crippen LogP) is 2.59. The summed E-state index contributed by atoms with van der Waals surface area (Å²) in [6.07, 6.45) is 7.62. The number of carbonyl (C=O) groups is 2. The average Bonchev–Trinajstić information content (AvgIpc) is 2.40. The zero-order chi connectivity index (χ0) is 15.1. The number of hydrogen-bond donors (Lipinski definition) is 0. The second kappa shape index (κ2) is 8.08. The van der Waals surface area contributed by atoms with Gasteiger partial charge in [0, 0.05) is 31.6 Å². The van der Waals surface area contributed by atoms with Crippen LogP contribution in [0.4, 0.5) is 0 Å². The fourth-order valence-electron chi connectivity index (χ4n) is 2.49. The van der Waals surface area contributed by atoms with Crippen molar-refractivity contribution in [1.82, 2.24) is 9.80 Å². The molecule has 0 spiro atoms. The third kappa shape index (κ3) is 4.99. The summed E-state index contributed by atoms with van der Waals surface area (Å²) >= 11 is 0. The highest BCUT2D eigenvalue weighted by molar-refractivity contribution is 5.88. The minimum atomic E-state index is 0.154. The Balaban J connectivity index is 0.000000200. The molecule has 4 nitrogen and oxygen atoms in total. The molecule has 4 heteroatoms. The van der Waals surface area contributed by atoms with Crippen LogP contribution in [0.3, 0.4) is 0 Å². The topological polar surface area (TPSA) is 40.6 Å². The van der Waals surface area contributed by atoms with Gasteiger partial charge >= 0.3 is 0 Å². The molecule has 0 radical (unpaired) electrons. The van der Waals surface area contributed by atoms with E-state index in [9.17, 15) is 9.59 Å². The van der Waals surface area contributed by atoms with E-state index < -0.39 is 0 Å². The van der Waals surface area contributed by atoms with Gasteiger partial charge in [-0.2, -0.15) is 0 Å². The maximum atomic E-state index is 11.2. The van der Waals surface area contributed by atoms with Crippen molar-refractivity contribution in [3.8, 4) is 0 Å². The van der Waals surface area contributed by atoms with E-state index in [2.05, 4.69) is 13.8 Å². The average molecular weight is 280 g/mol. The van der Waals surface area contributed by atoms with E-state index >= 15 is 0 Å². The van der Waals surface area contributed by atoms with Crippen molar-refractivity contribution >= 4 is 11.8 Å². The molecule has 0 saturated carbocycles. The number of amides is 2. The van der Waals surface area contributed by atoms with Crippen molar-refractivity contribution in [2.45, 2.75) is 65.5 Å². The summed E-state index contributed by atoms with van der Waals surface area (Å²) in [6.45, 7) is 10.1. The van der Waals surface area contributed by atoms with E-state index in [1.807, 2.05) is 29.7 Å². The van der Waals surface area contributed by atoms with Gasteiger partial charge in [0.05, 0.1) is 0 Å². The molecule has 0 aromatic rings. The summed E-state index contributed by atoms with van der Waals surface area (Å²) in [7, 11) is 0. The van der Waals surface area contributed by atoms with Gasteiger partial charge in [-0.25, -0.2) is 0 Å². The van der Waals surface area contributed by atoms with Gasteiger partial charge in [-0.15, -0.1) is 0 Å². The molecule has 0 atom stereocenters. The molecule has 0 aromatic carbocycles. The van der Waals surface area contributed by atoms with Crippen LogP contribution in [-0.4, -0.2) is 46.8 Å². The Labute approximate surface area is 122 Å². The smallest absolute Gasteiger partial charge is 0.246 e. The Kier molecular flexibility index (Phi) is 6.76. The molecule has 2 aliphatic heterocycles. The van der Waals surface area contributed by atoms with Crippen molar-refractivity contribution in [3.63, 3.8) is 0 Å². The maximum Gasteiger partial charge on any atom is 0.246 e. The quantitative estimate of drug-likeness (QED) is 0.780. The molecule has 2 rings (SSSR count). The zero-order valence-electron chi connectivity index (χ0n) is 13.3. The molecule has 1 fully saturated rings. The highest BCUT2D eigenvalue weighted by atomic mass is 16.2. The lowest BCUT2D eigenvalue weighted by Gasteiger charge is -2.30. The molecule has 20 heavy (non-hydrogen) atoms. The summed E-state index contributed by atoms with van der Waals surface area (Å²) in [5.74, 6) is 0.488. The Hall–Kier alpha value is -1.32. The lowest BCUT2D eigenvalue weighted by atomic mass is 10.1. The van der Waals surface area contributed by atoms with Crippen molar-refractivity contribution in [2.24, 2.45) is 0 Å². The zero-order valence-corrected chi connectivity index (χ0v) is 13.3. The molecule has 2 heterocycles. The van der Waals surface area contributed by atoms with E-state index in [0.29, 0.717) is 18.0 Å². The van der Waals surface area contributed by atoms with Gasteiger partial charge in [0.1, 0.15) is 0 Å². The predicted molar refractivity (Wildman–Crippen MR) is 81.3 cm³/mol. The van der Waals surface area contributed by atoms with Crippen molar-refractivity contribution in [1.29, 1.82) is 0 Å². The van der Waals surface area contributed by atoms with E-state index in [-0.39, 0.29) is 5.91 Å². The molecule has 0 N–H and O–H groups in total. The number of likely N-dealkylation sites (tertiary alicyclic amines) is 1. The van der Waals surface area contributed by atoms with Crippen LogP contribution < -0.4 is 0 Å². The van der Waals surface area contributed by atoms with Gasteiger partial charge in [0.2, 0.25) is 11.8 Å². The monoisotopic (exact) mass is 280 g/mol. The Bertz CT molecular complexity index is 361. The molecule has 0 aliphatic carbocycles. The van der Waals surface area contributed by atoms with E-state index in [1.165, 1.54) is 6.42 Å². The van der Waals surface area contributed by atoms with Crippen molar-refractivity contribution in [2.75, 3.05) is 13.1 Å². The van der Waals surface area contributed by atoms with Crippen LogP contribution in [0.5, 0.6) is 0 Å². The molecule has 0 unspecified atom stereocenters. The Morgan fingerprint density at radius 3 is 2.00 bits per heavy atom. The SMILES string of the molecule is CC(C)N1CCC=CC1=O.CC(C)N1CCCCC1=O. The van der Waals surface area contributed by atoms with Gasteiger partial charge in [0.15, 0.2) is 0 Å². The standard InChI is InChI=1S/C8H15NO.C8H13NO/c2*1-7(2)9-6-4-3-5-8(9)10/h7H,3-6H2,1-2H3;3,5,7H,4,6H2,1-2H3. The summed E-state index contributed by atoms with van der Waals surface area (Å²) in [5, 5.41) is 0. The molecular formula is C16H28N2O2. The Morgan fingerprint density at radius 2 is 1.60 bits per heavy atom. The minimum Gasteiger partial charge on any atom is -0.340 e. The first-order valence-electron chi connectivity index (χ1n) is 7.70. The number of hydrogen-bond acceptors (Lipinski definition) is 2. The van der Waals surface area contributed by atoms with Crippen LogP contribution in [0, 0.1) is 0 Å². The number of carbonyl (C=O) groups excluding carboxylic acids is 2. The highest BCUT2D eigenvalue weighted by Gasteiger charge is 2.19. The first kappa shape index (κ1) is 16.7. The van der Waals surface area contributed by atoms with Crippen LogP contribution in [0.15, 0.2) is 12.2 Å². The first-order chi connectivity index (χ1) is 9.43. The molecule has 1 saturated heterocycles. The second-order valence-corrected chi connectivity index (χ2v) is 5.95. The second-order valence-electron chi connectivity index (χ2n) is 5.95. The molecule has 0 aromatic heterocycles. The number of piperidine rings is 1. The summed E-state index contributed by atoms with van der Waals surface area (Å²) in [6, 6.07) is 0.741. The van der Waals surface area contributed by atoms with E-state index in [1.54, 1.807) is 6.08 Å². The van der Waals surface area contributed by atoms with Gasteiger partial charge in [-0.05, 0) is 53.0 Å². The van der Waals surface area contributed by atoms with Gasteiger partial charge in [-0.1, -0.05) is 6.08 Å². The lowest BCUT2D eigenvalue weighted by molar-refractivity contribution is -0.135. The summed E-state index contributed by atoms with van der Waals surface area (Å²) in [5.41, 5.74) is 0. The van der Waals surface area contributed by atoms with E-state index in [4.69, 9.17) is 0 Å². The fraction of sp³-hybridized carbons (Fsp3) is 0.750. The van der Waals surface area contributed by atoms with Crippen LogP contribution in [0.1, 0.15) is 53.4 Å². The van der Waals surface area contributed by atoms with Gasteiger partial charge in [0.25, 0.3) is 0 Å². The van der Waals surface area contributed by atoms with Crippen LogP contribution in [0.25, 0.3) is 0 Å². The van der Waals surface area contributed by atoms with Crippen LogP contribution >= 0.6 is 0 Å². The molecule has 0 bridgehead atoms.